The summed E-state index contributed by atoms with van der Waals surface area (Å²) in [6.45, 7) is 42.0. The molecular formula is C42H71NO6Si2. The van der Waals surface area contributed by atoms with Crippen molar-refractivity contribution in [2.24, 2.45) is 17.3 Å². The summed E-state index contributed by atoms with van der Waals surface area (Å²) >= 11 is 0. The van der Waals surface area contributed by atoms with E-state index in [1.54, 1.807) is 13.0 Å². The van der Waals surface area contributed by atoms with Crippen LogP contribution < -0.4 is 0 Å². The van der Waals surface area contributed by atoms with Gasteiger partial charge in [-0.25, -0.2) is 4.98 Å². The maximum Gasteiger partial charge on any atom is 0.309 e. The van der Waals surface area contributed by atoms with Crippen LogP contribution in [-0.4, -0.2) is 45.6 Å². The molecule has 0 aliphatic heterocycles. The molecule has 0 radical (unpaired) electrons. The summed E-state index contributed by atoms with van der Waals surface area (Å²) in [7, 11) is -4.68. The van der Waals surface area contributed by atoms with Gasteiger partial charge in [-0.15, -0.1) is 13.2 Å². The molecule has 0 saturated carbocycles. The van der Waals surface area contributed by atoms with Crippen LogP contribution in [0.3, 0.4) is 0 Å². The first-order valence-electron chi connectivity index (χ1n) is 18.9. The van der Waals surface area contributed by atoms with Crippen LogP contribution in [0.2, 0.25) is 36.3 Å². The monoisotopic (exact) mass is 741 g/mol. The molecule has 288 valence electrons. The second kappa shape index (κ2) is 17.2. The number of aromatic nitrogens is 1. The number of carbonyl (C=O) groups excluding carboxylic acids is 2. The van der Waals surface area contributed by atoms with Gasteiger partial charge in [0.15, 0.2) is 28.1 Å². The van der Waals surface area contributed by atoms with Gasteiger partial charge in [0.25, 0.3) is 0 Å². The second-order valence-corrected chi connectivity index (χ2v) is 28.1. The molecule has 0 aliphatic rings. The van der Waals surface area contributed by atoms with Crippen LogP contribution in [0.15, 0.2) is 47.4 Å². The van der Waals surface area contributed by atoms with Crippen LogP contribution in [0.5, 0.6) is 0 Å². The molecule has 0 bridgehead atoms. The lowest BCUT2D eigenvalue weighted by Gasteiger charge is -2.46. The van der Waals surface area contributed by atoms with E-state index in [-0.39, 0.29) is 34.3 Å². The number of oxazole rings is 1. The highest BCUT2D eigenvalue weighted by Gasteiger charge is 2.50. The summed E-state index contributed by atoms with van der Waals surface area (Å²) in [5.74, 6) is -0.0591. The Morgan fingerprint density at radius 2 is 1.53 bits per heavy atom. The van der Waals surface area contributed by atoms with Gasteiger partial charge in [0, 0.05) is 24.7 Å². The third kappa shape index (κ3) is 11.8. The third-order valence-electron chi connectivity index (χ3n) is 11.5. The molecule has 0 aliphatic carbocycles. The van der Waals surface area contributed by atoms with Gasteiger partial charge in [0.05, 0.1) is 18.6 Å². The smallest absolute Gasteiger partial charge is 0.309 e. The van der Waals surface area contributed by atoms with Gasteiger partial charge >= 0.3 is 5.97 Å². The lowest BCUT2D eigenvalue weighted by Crippen LogP contribution is -2.54. The minimum atomic E-state index is -2.44. The van der Waals surface area contributed by atoms with Gasteiger partial charge in [-0.3, -0.25) is 9.59 Å². The number of aryl methyl sites for hydroxylation is 1. The number of nitrogens with zero attached hydrogens (tertiary/aromatic N) is 1. The predicted octanol–water partition coefficient (Wildman–Crippen LogP) is 12.1. The van der Waals surface area contributed by atoms with Crippen molar-refractivity contribution in [3.8, 4) is 0 Å². The third-order valence-corrected chi connectivity index (χ3v) is 20.5. The van der Waals surface area contributed by atoms with Crippen molar-refractivity contribution in [3.05, 3.63) is 54.5 Å². The van der Waals surface area contributed by atoms with Crippen LogP contribution >= 0.6 is 0 Å². The number of hydrogen-bond donors (Lipinski definition) is 0. The summed E-state index contributed by atoms with van der Waals surface area (Å²) in [6, 6.07) is 5.64. The minimum Gasteiger partial charge on any atom is -0.457 e. The lowest BCUT2D eigenvalue weighted by molar-refractivity contribution is -0.155. The second-order valence-electron chi connectivity index (χ2n) is 18.6. The first-order valence-corrected chi connectivity index (χ1v) is 24.7. The zero-order valence-electron chi connectivity index (χ0n) is 35.0. The molecule has 2 aromatic rings. The quantitative estimate of drug-likeness (QED) is 0.0804. The first kappa shape index (κ1) is 44.8. The Morgan fingerprint density at radius 3 is 2.06 bits per heavy atom. The van der Waals surface area contributed by atoms with E-state index < -0.39 is 46.1 Å². The molecule has 1 aromatic carbocycles. The number of fused-ring (bicyclic) bond motifs is 1. The van der Waals surface area contributed by atoms with Crippen LogP contribution in [-0.2, 0) is 23.2 Å². The molecule has 7 nitrogen and oxygen atoms in total. The Hall–Kier alpha value is -2.34. The number of benzene rings is 1. The Morgan fingerprint density at radius 1 is 0.961 bits per heavy atom. The highest BCUT2D eigenvalue weighted by atomic mass is 28.4. The van der Waals surface area contributed by atoms with E-state index in [0.29, 0.717) is 23.4 Å². The highest BCUT2D eigenvalue weighted by molar-refractivity contribution is 6.74. The van der Waals surface area contributed by atoms with Crippen molar-refractivity contribution in [1.82, 2.24) is 4.98 Å². The van der Waals surface area contributed by atoms with Crippen LogP contribution in [0.1, 0.15) is 126 Å². The molecule has 0 saturated heterocycles. The lowest BCUT2D eigenvalue weighted by atomic mass is 9.73. The van der Waals surface area contributed by atoms with Gasteiger partial charge in [-0.05, 0) is 86.1 Å². The van der Waals surface area contributed by atoms with E-state index >= 15 is 0 Å². The number of Topliss-reactive ketones (excluding diaryl/α,β-unsaturated/α-hetero) is 1. The topological polar surface area (TPSA) is 87.9 Å². The molecule has 2 rings (SSSR count). The van der Waals surface area contributed by atoms with E-state index in [2.05, 4.69) is 99.7 Å². The number of hydrogen-bond acceptors (Lipinski definition) is 7. The number of rotatable bonds is 19. The first-order chi connectivity index (χ1) is 23.1. The molecule has 9 heteroatoms. The summed E-state index contributed by atoms with van der Waals surface area (Å²) in [5.41, 5.74) is 2.35. The molecule has 1 aromatic heterocycles. The molecule has 0 spiro atoms. The summed E-state index contributed by atoms with van der Waals surface area (Å²) in [4.78, 5) is 33.4. The number of ether oxygens (including phenoxy) is 1. The van der Waals surface area contributed by atoms with Crippen molar-refractivity contribution < 1.29 is 27.6 Å². The van der Waals surface area contributed by atoms with Gasteiger partial charge in [-0.2, -0.15) is 0 Å². The van der Waals surface area contributed by atoms with Gasteiger partial charge < -0.3 is 18.0 Å². The van der Waals surface area contributed by atoms with Gasteiger partial charge in [0.1, 0.15) is 17.4 Å². The average molecular weight is 742 g/mol. The number of ketones is 1. The maximum atomic E-state index is 14.9. The van der Waals surface area contributed by atoms with Crippen molar-refractivity contribution >= 4 is 39.5 Å². The van der Waals surface area contributed by atoms with Gasteiger partial charge in [-0.1, -0.05) is 87.0 Å². The van der Waals surface area contributed by atoms with Crippen molar-refractivity contribution in [3.63, 3.8) is 0 Å². The van der Waals surface area contributed by atoms with Gasteiger partial charge in [0.2, 0.25) is 0 Å². The normalized spacial score (nSPS) is 16.3. The van der Waals surface area contributed by atoms with E-state index in [1.165, 1.54) is 0 Å². The number of carbonyl (C=O) groups is 2. The molecule has 0 amide bonds. The Labute approximate surface area is 312 Å². The summed E-state index contributed by atoms with van der Waals surface area (Å²) < 4.78 is 26.0. The van der Waals surface area contributed by atoms with Crippen LogP contribution in [0.4, 0.5) is 0 Å². The standard InChI is InChI=1S/C42H71NO6Si2/c1-19-21-34(32-24-25-35-33(26-32)43-31(6)46-35)47-37(44)27-36(48-50(15,16)40(7,8)9)42(13,14)39(45)30(5)38(29(4)23-20-22-28(2)3)49-51(17,18)41(10,11)12/h19,24-26,29-30,34,36,38H,1-2,20-23,27H2,3-18H3/t29-,30+,34-,36-,38-/m0/s1. The van der Waals surface area contributed by atoms with Crippen LogP contribution in [0, 0.1) is 24.2 Å². The molecule has 0 fully saturated rings. The predicted molar refractivity (Wildman–Crippen MR) is 217 cm³/mol. The molecular weight excluding hydrogens is 671 g/mol. The SMILES string of the molecule is C=CC[C@H](OC(=O)C[C@H](O[Si](C)(C)C(C)(C)C)C(C)(C)C(=O)[C@H](C)[C@@H](O[Si](C)(C)C(C)(C)C)[C@@H](C)CCCC(=C)C)c1ccc2oc(C)nc2c1. The summed E-state index contributed by atoms with van der Waals surface area (Å²) in [5, 5.41) is -0.153. The van der Waals surface area contributed by atoms with Crippen LogP contribution in [0.25, 0.3) is 11.1 Å². The largest absolute Gasteiger partial charge is 0.457 e. The summed E-state index contributed by atoms with van der Waals surface area (Å²) in [6.07, 6.45) is 3.47. The van der Waals surface area contributed by atoms with Crippen molar-refractivity contribution in [2.75, 3.05) is 0 Å². The minimum absolute atomic E-state index is 0.0162. The molecule has 5 atom stereocenters. The zero-order chi connectivity index (χ0) is 39.3. The fraction of sp³-hybridized carbons (Fsp3) is 0.690. The molecule has 0 N–H and O–H groups in total. The highest BCUT2D eigenvalue weighted by Crippen LogP contribution is 2.44. The fourth-order valence-corrected chi connectivity index (χ4v) is 8.92. The van der Waals surface area contributed by atoms with E-state index in [4.69, 9.17) is 18.0 Å². The van der Waals surface area contributed by atoms with E-state index in [9.17, 15) is 9.59 Å². The van der Waals surface area contributed by atoms with E-state index in [0.717, 1.165) is 30.4 Å². The Kier molecular flexibility index (Phi) is 15.1. The zero-order valence-corrected chi connectivity index (χ0v) is 37.0. The number of allylic oxidation sites excluding steroid dienone is 1. The van der Waals surface area contributed by atoms with E-state index in [1.807, 2.05) is 39.0 Å². The molecule has 1 heterocycles. The Bertz CT molecular complexity index is 1510. The number of esters is 1. The van der Waals surface area contributed by atoms with Crippen molar-refractivity contribution in [1.29, 1.82) is 0 Å². The average Bonchev–Trinajstić information content (AvgIpc) is 3.36. The fourth-order valence-electron chi connectivity index (χ4n) is 6.01. The maximum absolute atomic E-state index is 14.9. The van der Waals surface area contributed by atoms with Crippen molar-refractivity contribution in [2.45, 2.75) is 170 Å². The Balaban J connectivity index is 2.51. The molecule has 51 heavy (non-hydrogen) atoms. The molecule has 0 unspecified atom stereocenters.